The summed E-state index contributed by atoms with van der Waals surface area (Å²) in [6, 6.07) is 8.62. The zero-order chi connectivity index (χ0) is 5.11. The monoisotopic (exact) mass is 121 g/mol. The van der Waals surface area contributed by atoms with Gasteiger partial charge in [0, 0.05) is 6.07 Å². The van der Waals surface area contributed by atoms with Crippen molar-refractivity contribution in [3.05, 3.63) is 36.1 Å². The average Bonchev–Trinajstić information content (AvgIpc) is 1.69. The normalized spacial score (nSPS) is 7.62. The van der Waals surface area contributed by atoms with Crippen LogP contribution in [0.15, 0.2) is 24.3 Å². The Balaban J connectivity index is 0.000000490. The van der Waals surface area contributed by atoms with E-state index in [1.165, 1.54) is 12.1 Å². The van der Waals surface area contributed by atoms with E-state index in [-0.39, 0.29) is 28.9 Å². The van der Waals surface area contributed by atoms with Gasteiger partial charge in [0.1, 0.15) is 5.82 Å². The molecule has 0 saturated carbocycles. The summed E-state index contributed by atoms with van der Waals surface area (Å²) in [4.78, 5) is 0. The summed E-state index contributed by atoms with van der Waals surface area (Å²) >= 11 is 0. The smallest absolute Gasteiger partial charge is 0.206 e. The molecule has 0 saturated heterocycles. The van der Waals surface area contributed by atoms with E-state index >= 15 is 0 Å². The molecule has 1 aromatic carbocycles. The summed E-state index contributed by atoms with van der Waals surface area (Å²) in [5, 5.41) is 0. The molecule has 0 bridgehead atoms. The summed E-state index contributed by atoms with van der Waals surface area (Å²) in [5.41, 5.74) is 0. The van der Waals surface area contributed by atoms with Crippen molar-refractivity contribution in [2.45, 2.75) is 0 Å². The molecular weight excluding hydrogens is 115 g/mol. The third-order valence-corrected chi connectivity index (χ3v) is 0.671. The summed E-state index contributed by atoms with van der Waals surface area (Å²) < 4.78 is 11.9. The van der Waals surface area contributed by atoms with Crippen molar-refractivity contribution in [2.75, 3.05) is 0 Å². The minimum Gasteiger partial charge on any atom is -0.206 e. The van der Waals surface area contributed by atoms with Gasteiger partial charge in [0.25, 0.3) is 0 Å². The van der Waals surface area contributed by atoms with Crippen molar-refractivity contribution in [3.8, 4) is 0 Å². The van der Waals surface area contributed by atoms with Crippen molar-refractivity contribution in [1.29, 1.82) is 0 Å². The first-order valence-electron chi connectivity index (χ1n) is 2.02. The zero-order valence-electron chi connectivity index (χ0n) is 3.69. The largest absolute Gasteiger partial charge is 0.316 e. The molecule has 0 heterocycles. The lowest BCUT2D eigenvalue weighted by molar-refractivity contribution is 0.625. The highest BCUT2D eigenvalue weighted by molar-refractivity contribution is 5.75. The third-order valence-electron chi connectivity index (χ3n) is 0.671. The Morgan fingerprint density at radius 2 is 2.12 bits per heavy atom. The Morgan fingerprint density at radius 1 is 1.38 bits per heavy atom. The van der Waals surface area contributed by atoms with Crippen LogP contribution in [-0.4, -0.2) is 23.1 Å². The SMILES string of the molecule is Fc1[c]cccc1.[MgH2]. The predicted octanol–water partition coefficient (Wildman–Crippen LogP) is 0.710. The van der Waals surface area contributed by atoms with Crippen LogP contribution in [0, 0.1) is 11.9 Å². The molecule has 0 N–H and O–H groups in total. The molecule has 1 radical (unpaired) electrons. The number of hydrogen-bond acceptors (Lipinski definition) is 0. The lowest BCUT2D eigenvalue weighted by atomic mass is 10.4. The van der Waals surface area contributed by atoms with Gasteiger partial charge in [0.2, 0.25) is 0 Å². The second kappa shape index (κ2) is 3.86. The molecular formula is C6H6FMg. The van der Waals surface area contributed by atoms with Gasteiger partial charge in [0.05, 0.1) is 0 Å². The van der Waals surface area contributed by atoms with E-state index in [1.807, 2.05) is 0 Å². The van der Waals surface area contributed by atoms with Crippen molar-refractivity contribution >= 4 is 23.1 Å². The Kier molecular flexibility index (Phi) is 3.82. The molecule has 8 heavy (non-hydrogen) atoms. The van der Waals surface area contributed by atoms with Crippen LogP contribution >= 0.6 is 0 Å². The van der Waals surface area contributed by atoms with Gasteiger partial charge < -0.3 is 0 Å². The molecule has 1 rings (SSSR count). The first-order chi connectivity index (χ1) is 3.39. The highest BCUT2D eigenvalue weighted by Gasteiger charge is 1.78. The predicted molar refractivity (Wildman–Crippen MR) is 33.8 cm³/mol. The van der Waals surface area contributed by atoms with Crippen molar-refractivity contribution in [1.82, 2.24) is 0 Å². The van der Waals surface area contributed by atoms with Crippen LogP contribution in [0.2, 0.25) is 0 Å². The van der Waals surface area contributed by atoms with E-state index in [9.17, 15) is 4.39 Å². The van der Waals surface area contributed by atoms with Gasteiger partial charge in [0.15, 0.2) is 0 Å². The quantitative estimate of drug-likeness (QED) is 0.444. The van der Waals surface area contributed by atoms with Gasteiger partial charge in [-0.2, -0.15) is 0 Å². The highest BCUT2D eigenvalue weighted by Crippen LogP contribution is 1.90. The van der Waals surface area contributed by atoms with Crippen molar-refractivity contribution in [2.24, 2.45) is 0 Å². The number of benzene rings is 1. The molecule has 0 aliphatic heterocycles. The second-order valence-electron chi connectivity index (χ2n) is 1.21. The summed E-state index contributed by atoms with van der Waals surface area (Å²) in [5.74, 6) is -0.303. The molecule has 1 aromatic rings. The van der Waals surface area contributed by atoms with Crippen LogP contribution in [0.4, 0.5) is 4.39 Å². The maximum atomic E-state index is 11.9. The summed E-state index contributed by atoms with van der Waals surface area (Å²) in [6.45, 7) is 0. The maximum absolute atomic E-state index is 11.9. The second-order valence-corrected chi connectivity index (χ2v) is 1.21. The van der Waals surface area contributed by atoms with Crippen LogP contribution in [0.25, 0.3) is 0 Å². The maximum Gasteiger partial charge on any atom is 0.316 e. The Morgan fingerprint density at radius 3 is 2.38 bits per heavy atom. The number of hydrogen-bond donors (Lipinski definition) is 0. The Hall–Kier alpha value is -0.0838. The number of halogens is 1. The highest BCUT2D eigenvalue weighted by atomic mass is 24.3. The van der Waals surface area contributed by atoms with E-state index in [0.717, 1.165) is 0 Å². The number of rotatable bonds is 0. The van der Waals surface area contributed by atoms with Gasteiger partial charge >= 0.3 is 23.1 Å². The lowest BCUT2D eigenvalue weighted by Gasteiger charge is -1.77. The fourth-order valence-corrected chi connectivity index (χ4v) is 0.371. The minimum absolute atomic E-state index is 0. The van der Waals surface area contributed by atoms with E-state index in [4.69, 9.17) is 0 Å². The molecule has 0 aliphatic carbocycles. The molecule has 2 heteroatoms. The molecule has 0 unspecified atom stereocenters. The average molecular weight is 121 g/mol. The molecule has 0 fully saturated rings. The minimum atomic E-state index is -0.303. The summed E-state index contributed by atoms with van der Waals surface area (Å²) in [6.07, 6.45) is 0. The molecule has 0 nitrogen and oxygen atoms in total. The van der Waals surface area contributed by atoms with Crippen LogP contribution in [0.3, 0.4) is 0 Å². The van der Waals surface area contributed by atoms with Crippen LogP contribution in [0.1, 0.15) is 0 Å². The molecule has 0 spiro atoms. The lowest BCUT2D eigenvalue weighted by Crippen LogP contribution is -1.65. The van der Waals surface area contributed by atoms with Gasteiger partial charge in [-0.25, -0.2) is 4.39 Å². The van der Waals surface area contributed by atoms with E-state index in [1.54, 1.807) is 12.1 Å². The summed E-state index contributed by atoms with van der Waals surface area (Å²) in [7, 11) is 0. The fraction of sp³-hybridized carbons (Fsp3) is 0. The van der Waals surface area contributed by atoms with Gasteiger partial charge in [-0.1, -0.05) is 18.2 Å². The van der Waals surface area contributed by atoms with Crippen LogP contribution < -0.4 is 0 Å². The Bertz CT molecular complexity index is 138. The first kappa shape index (κ1) is 7.92. The van der Waals surface area contributed by atoms with E-state index < -0.39 is 0 Å². The van der Waals surface area contributed by atoms with E-state index in [0.29, 0.717) is 0 Å². The fourth-order valence-electron chi connectivity index (χ4n) is 0.371. The van der Waals surface area contributed by atoms with Crippen molar-refractivity contribution < 1.29 is 4.39 Å². The molecule has 0 amide bonds. The van der Waals surface area contributed by atoms with Crippen LogP contribution in [-0.2, 0) is 0 Å². The molecule has 39 valence electrons. The van der Waals surface area contributed by atoms with Crippen LogP contribution in [0.5, 0.6) is 0 Å². The molecule has 0 aliphatic rings. The van der Waals surface area contributed by atoms with Gasteiger partial charge in [-0.05, 0) is 6.07 Å². The third kappa shape index (κ3) is 2.28. The standard InChI is InChI=1S/C6H4F.Mg.2H/c7-6-4-2-1-3-5-6;;;/h1-4H;;;. The van der Waals surface area contributed by atoms with Crippen molar-refractivity contribution in [3.63, 3.8) is 0 Å². The van der Waals surface area contributed by atoms with E-state index in [2.05, 4.69) is 6.07 Å². The van der Waals surface area contributed by atoms with Gasteiger partial charge in [-0.3, -0.25) is 0 Å². The zero-order valence-corrected chi connectivity index (χ0v) is 3.69. The first-order valence-corrected chi connectivity index (χ1v) is 2.02. The Labute approximate surface area is 63.9 Å². The topological polar surface area (TPSA) is 0 Å². The molecule has 0 aromatic heterocycles. The molecule has 0 atom stereocenters. The van der Waals surface area contributed by atoms with Gasteiger partial charge in [-0.15, -0.1) is 0 Å².